The predicted octanol–water partition coefficient (Wildman–Crippen LogP) is 3.76. The fourth-order valence-corrected chi connectivity index (χ4v) is 1.92. The Balaban J connectivity index is 3.37. The Labute approximate surface area is 127 Å². The molecule has 0 aliphatic rings. The first-order valence-corrected chi connectivity index (χ1v) is 6.49. The summed E-state index contributed by atoms with van der Waals surface area (Å²) in [5.74, 6) is -2.41. The standard InChI is InChI=1S/C12H11ClF5NO3/c1-2-21-9(20)3-6-8(22-12(16,17)18)5-19-7(4-13)10(6)11(14)15/h5,11H,2-4H2,1H3. The molecule has 10 heteroatoms. The highest BCUT2D eigenvalue weighted by molar-refractivity contribution is 6.17. The van der Waals surface area contributed by atoms with Gasteiger partial charge < -0.3 is 9.47 Å². The first-order valence-electron chi connectivity index (χ1n) is 5.95. The van der Waals surface area contributed by atoms with Crippen LogP contribution in [0.25, 0.3) is 0 Å². The van der Waals surface area contributed by atoms with E-state index in [1.807, 2.05) is 0 Å². The van der Waals surface area contributed by atoms with Crippen molar-refractivity contribution in [3.05, 3.63) is 23.0 Å². The lowest BCUT2D eigenvalue weighted by Gasteiger charge is -2.17. The maximum atomic E-state index is 13.1. The average Bonchev–Trinajstić information content (AvgIpc) is 2.38. The molecule has 0 aliphatic carbocycles. The average molecular weight is 348 g/mol. The SMILES string of the molecule is CCOC(=O)Cc1c(OC(F)(F)F)cnc(CCl)c1C(F)F. The summed E-state index contributed by atoms with van der Waals surface area (Å²) in [6.45, 7) is 1.42. The number of alkyl halides is 6. The lowest BCUT2D eigenvalue weighted by atomic mass is 10.0. The molecule has 0 fully saturated rings. The van der Waals surface area contributed by atoms with Crippen molar-refractivity contribution in [1.82, 2.24) is 4.98 Å². The zero-order chi connectivity index (χ0) is 16.9. The second kappa shape index (κ2) is 7.57. The normalized spacial score (nSPS) is 11.6. The van der Waals surface area contributed by atoms with Crippen molar-refractivity contribution >= 4 is 17.6 Å². The Morgan fingerprint density at radius 2 is 2.05 bits per heavy atom. The van der Waals surface area contributed by atoms with Crippen molar-refractivity contribution in [1.29, 1.82) is 0 Å². The number of ether oxygens (including phenoxy) is 2. The molecule has 0 bridgehead atoms. The third-order valence-electron chi connectivity index (χ3n) is 2.47. The lowest BCUT2D eigenvalue weighted by Crippen LogP contribution is -2.21. The van der Waals surface area contributed by atoms with Gasteiger partial charge in [0.25, 0.3) is 6.43 Å². The first-order chi connectivity index (χ1) is 10.2. The Kier molecular flexibility index (Phi) is 6.34. The maximum absolute atomic E-state index is 13.1. The molecule has 0 N–H and O–H groups in total. The number of pyridine rings is 1. The Hall–Kier alpha value is -1.64. The van der Waals surface area contributed by atoms with Crippen LogP contribution in [-0.2, 0) is 21.8 Å². The van der Waals surface area contributed by atoms with Crippen LogP contribution >= 0.6 is 11.6 Å². The van der Waals surface area contributed by atoms with E-state index in [9.17, 15) is 26.7 Å². The largest absolute Gasteiger partial charge is 0.573 e. The van der Waals surface area contributed by atoms with E-state index >= 15 is 0 Å². The molecule has 0 atom stereocenters. The molecule has 0 aromatic carbocycles. The van der Waals surface area contributed by atoms with Gasteiger partial charge in [0, 0.05) is 11.1 Å². The first kappa shape index (κ1) is 18.4. The summed E-state index contributed by atoms with van der Waals surface area (Å²) < 4.78 is 71.5. The molecule has 1 aromatic heterocycles. The highest BCUT2D eigenvalue weighted by Crippen LogP contribution is 2.35. The van der Waals surface area contributed by atoms with Crippen LogP contribution in [0.1, 0.15) is 30.2 Å². The highest BCUT2D eigenvalue weighted by atomic mass is 35.5. The van der Waals surface area contributed by atoms with Gasteiger partial charge in [-0.05, 0) is 6.92 Å². The number of hydrogen-bond acceptors (Lipinski definition) is 4. The molecular weight excluding hydrogens is 337 g/mol. The maximum Gasteiger partial charge on any atom is 0.573 e. The van der Waals surface area contributed by atoms with Gasteiger partial charge in [-0.2, -0.15) is 0 Å². The molecule has 1 heterocycles. The second-order valence-corrected chi connectivity index (χ2v) is 4.19. The number of nitrogens with zero attached hydrogens (tertiary/aromatic N) is 1. The molecule has 0 saturated carbocycles. The van der Waals surface area contributed by atoms with Gasteiger partial charge in [0.05, 0.1) is 30.8 Å². The number of esters is 1. The highest BCUT2D eigenvalue weighted by Gasteiger charge is 2.34. The number of rotatable bonds is 6. The summed E-state index contributed by atoms with van der Waals surface area (Å²) in [5.41, 5.74) is -1.83. The molecule has 0 unspecified atom stereocenters. The summed E-state index contributed by atoms with van der Waals surface area (Å²) in [6, 6.07) is 0. The summed E-state index contributed by atoms with van der Waals surface area (Å²) in [7, 11) is 0. The molecule has 1 aromatic rings. The Bertz CT molecular complexity index is 536. The smallest absolute Gasteiger partial charge is 0.466 e. The van der Waals surface area contributed by atoms with Crippen LogP contribution in [0.15, 0.2) is 6.20 Å². The molecule has 124 valence electrons. The summed E-state index contributed by atoms with van der Waals surface area (Å²) >= 11 is 5.46. The van der Waals surface area contributed by atoms with Gasteiger partial charge in [-0.3, -0.25) is 9.78 Å². The van der Waals surface area contributed by atoms with Crippen molar-refractivity contribution in [3.8, 4) is 5.75 Å². The fraction of sp³-hybridized carbons (Fsp3) is 0.500. The predicted molar refractivity (Wildman–Crippen MR) is 65.8 cm³/mol. The van der Waals surface area contributed by atoms with Crippen molar-refractivity contribution in [2.24, 2.45) is 0 Å². The van der Waals surface area contributed by atoms with Crippen LogP contribution in [0.2, 0.25) is 0 Å². The number of aromatic nitrogens is 1. The molecule has 0 amide bonds. The van der Waals surface area contributed by atoms with E-state index in [2.05, 4.69) is 14.5 Å². The zero-order valence-corrected chi connectivity index (χ0v) is 12.0. The fourth-order valence-electron chi connectivity index (χ4n) is 1.71. The van der Waals surface area contributed by atoms with Crippen molar-refractivity contribution < 1.29 is 36.2 Å². The number of carbonyl (C=O) groups excluding carboxylic acids is 1. The van der Waals surface area contributed by atoms with E-state index in [0.29, 0.717) is 6.20 Å². The number of hydrogen-bond donors (Lipinski definition) is 0. The number of carbonyl (C=O) groups is 1. The van der Waals surface area contributed by atoms with Gasteiger partial charge >= 0.3 is 12.3 Å². The molecule has 0 spiro atoms. The van der Waals surface area contributed by atoms with E-state index in [0.717, 1.165) is 0 Å². The number of halogens is 6. The van der Waals surface area contributed by atoms with E-state index in [1.54, 1.807) is 0 Å². The van der Waals surface area contributed by atoms with E-state index < -0.39 is 47.9 Å². The van der Waals surface area contributed by atoms with Gasteiger partial charge in [-0.25, -0.2) is 8.78 Å². The van der Waals surface area contributed by atoms with Crippen LogP contribution in [0.3, 0.4) is 0 Å². The Morgan fingerprint density at radius 3 is 2.50 bits per heavy atom. The summed E-state index contributed by atoms with van der Waals surface area (Å²) in [4.78, 5) is 14.9. The third-order valence-corrected chi connectivity index (χ3v) is 2.72. The van der Waals surface area contributed by atoms with Crippen LogP contribution in [0, 0.1) is 0 Å². The minimum absolute atomic E-state index is 0.0498. The third kappa shape index (κ3) is 4.97. The molecule has 0 saturated heterocycles. The van der Waals surface area contributed by atoms with E-state index in [4.69, 9.17) is 11.6 Å². The molecule has 22 heavy (non-hydrogen) atoms. The van der Waals surface area contributed by atoms with Crippen LogP contribution in [0.4, 0.5) is 22.0 Å². The van der Waals surface area contributed by atoms with Crippen molar-refractivity contribution in [2.45, 2.75) is 32.0 Å². The van der Waals surface area contributed by atoms with Gasteiger partial charge in [-0.1, -0.05) is 0 Å². The van der Waals surface area contributed by atoms with Crippen LogP contribution in [0.5, 0.6) is 5.75 Å². The van der Waals surface area contributed by atoms with E-state index in [-0.39, 0.29) is 12.3 Å². The lowest BCUT2D eigenvalue weighted by molar-refractivity contribution is -0.275. The van der Waals surface area contributed by atoms with Gasteiger partial charge in [0.15, 0.2) is 5.75 Å². The van der Waals surface area contributed by atoms with E-state index in [1.165, 1.54) is 6.92 Å². The topological polar surface area (TPSA) is 48.4 Å². The summed E-state index contributed by atoms with van der Waals surface area (Å²) in [6.07, 6.45) is -8.51. The van der Waals surface area contributed by atoms with Crippen molar-refractivity contribution in [3.63, 3.8) is 0 Å². The minimum atomic E-state index is -5.12. The minimum Gasteiger partial charge on any atom is -0.466 e. The second-order valence-electron chi connectivity index (χ2n) is 3.93. The van der Waals surface area contributed by atoms with Gasteiger partial charge in [0.2, 0.25) is 0 Å². The van der Waals surface area contributed by atoms with Crippen LogP contribution in [-0.4, -0.2) is 23.9 Å². The summed E-state index contributed by atoms with van der Waals surface area (Å²) in [5, 5.41) is 0. The molecule has 1 rings (SSSR count). The molecule has 0 radical (unpaired) electrons. The van der Waals surface area contributed by atoms with Gasteiger partial charge in [0.1, 0.15) is 0 Å². The molecular formula is C12H11ClF5NO3. The quantitative estimate of drug-likeness (QED) is 0.446. The zero-order valence-electron chi connectivity index (χ0n) is 11.2. The van der Waals surface area contributed by atoms with Crippen molar-refractivity contribution in [2.75, 3.05) is 6.61 Å². The molecule has 4 nitrogen and oxygen atoms in total. The van der Waals surface area contributed by atoms with Gasteiger partial charge in [-0.15, -0.1) is 24.8 Å². The monoisotopic (exact) mass is 347 g/mol. The Morgan fingerprint density at radius 1 is 1.41 bits per heavy atom. The molecule has 0 aliphatic heterocycles. The van der Waals surface area contributed by atoms with Crippen LogP contribution < -0.4 is 4.74 Å².